The van der Waals surface area contributed by atoms with Gasteiger partial charge in [-0.1, -0.05) is 25.1 Å². The predicted molar refractivity (Wildman–Crippen MR) is 64.0 cm³/mol. The van der Waals surface area contributed by atoms with E-state index in [0.29, 0.717) is 5.25 Å². The average molecular weight is 218 g/mol. The van der Waals surface area contributed by atoms with Gasteiger partial charge in [0.25, 0.3) is 0 Å². The van der Waals surface area contributed by atoms with Gasteiger partial charge in [-0.3, -0.25) is 0 Å². The molecule has 0 aliphatic rings. The van der Waals surface area contributed by atoms with Gasteiger partial charge in [-0.25, -0.2) is 0 Å². The molecule has 0 saturated heterocycles. The third-order valence-corrected chi connectivity index (χ3v) is 3.74. The first-order valence-electron chi connectivity index (χ1n) is 5.14. The number of hydrogen-bond acceptors (Lipinski definition) is 2. The van der Waals surface area contributed by atoms with Crippen molar-refractivity contribution in [2.45, 2.75) is 23.5 Å². The van der Waals surface area contributed by atoms with Crippen LogP contribution >= 0.6 is 11.8 Å². The molecule has 2 aromatic rings. The SMILES string of the molecule is CC[C@H](Sc1ccccc1)c1ccoc1. The maximum absolute atomic E-state index is 5.12. The Bertz CT molecular complexity index is 380. The van der Waals surface area contributed by atoms with Crippen LogP contribution in [0.5, 0.6) is 0 Å². The van der Waals surface area contributed by atoms with Gasteiger partial charge in [0, 0.05) is 15.7 Å². The Morgan fingerprint density at radius 3 is 2.60 bits per heavy atom. The van der Waals surface area contributed by atoms with Gasteiger partial charge in [-0.15, -0.1) is 11.8 Å². The molecule has 2 rings (SSSR count). The Morgan fingerprint density at radius 1 is 1.20 bits per heavy atom. The summed E-state index contributed by atoms with van der Waals surface area (Å²) in [5.41, 5.74) is 1.27. The molecule has 1 nitrogen and oxygen atoms in total. The van der Waals surface area contributed by atoms with Gasteiger partial charge in [-0.05, 0) is 24.6 Å². The lowest BCUT2D eigenvalue weighted by atomic mass is 10.2. The van der Waals surface area contributed by atoms with Crippen molar-refractivity contribution >= 4 is 11.8 Å². The largest absolute Gasteiger partial charge is 0.472 e. The molecule has 1 aromatic carbocycles. The Balaban J connectivity index is 2.10. The molecule has 0 radical (unpaired) electrons. The third-order valence-electron chi connectivity index (χ3n) is 2.31. The summed E-state index contributed by atoms with van der Waals surface area (Å²) in [5.74, 6) is 0. The second-order valence-corrected chi connectivity index (χ2v) is 4.66. The lowest BCUT2D eigenvalue weighted by Gasteiger charge is -2.11. The molecule has 2 heteroatoms. The fourth-order valence-corrected chi connectivity index (χ4v) is 2.59. The van der Waals surface area contributed by atoms with Crippen molar-refractivity contribution in [2.75, 3.05) is 0 Å². The Labute approximate surface area is 94.5 Å². The molecule has 0 unspecified atom stereocenters. The van der Waals surface area contributed by atoms with Crippen LogP contribution in [0.25, 0.3) is 0 Å². The first-order chi connectivity index (χ1) is 7.40. The van der Waals surface area contributed by atoms with Gasteiger partial charge in [0.05, 0.1) is 12.5 Å². The molecule has 0 N–H and O–H groups in total. The number of hydrogen-bond donors (Lipinski definition) is 0. The Kier molecular flexibility index (Phi) is 3.51. The molecule has 0 amide bonds. The summed E-state index contributed by atoms with van der Waals surface area (Å²) >= 11 is 1.89. The summed E-state index contributed by atoms with van der Waals surface area (Å²) in [6, 6.07) is 12.5. The highest BCUT2D eigenvalue weighted by Crippen LogP contribution is 2.37. The predicted octanol–water partition coefficient (Wildman–Crippen LogP) is 4.52. The van der Waals surface area contributed by atoms with Crippen LogP contribution in [0, 0.1) is 0 Å². The molecule has 78 valence electrons. The Morgan fingerprint density at radius 2 is 2.00 bits per heavy atom. The van der Waals surface area contributed by atoms with Crippen molar-refractivity contribution in [3.8, 4) is 0 Å². The lowest BCUT2D eigenvalue weighted by Crippen LogP contribution is -1.89. The van der Waals surface area contributed by atoms with Gasteiger partial charge in [0.1, 0.15) is 0 Å². The highest BCUT2D eigenvalue weighted by atomic mass is 32.2. The van der Waals surface area contributed by atoms with Crippen molar-refractivity contribution in [2.24, 2.45) is 0 Å². The molecule has 1 atom stereocenters. The lowest BCUT2D eigenvalue weighted by molar-refractivity contribution is 0.563. The minimum absolute atomic E-state index is 0.492. The van der Waals surface area contributed by atoms with Gasteiger partial charge < -0.3 is 4.42 Å². The molecule has 1 heterocycles. The summed E-state index contributed by atoms with van der Waals surface area (Å²) in [6.45, 7) is 2.20. The molecular weight excluding hydrogens is 204 g/mol. The number of furan rings is 1. The second kappa shape index (κ2) is 5.08. The fourth-order valence-electron chi connectivity index (χ4n) is 1.51. The third kappa shape index (κ3) is 2.66. The minimum Gasteiger partial charge on any atom is -0.472 e. The first-order valence-corrected chi connectivity index (χ1v) is 6.02. The minimum atomic E-state index is 0.492. The van der Waals surface area contributed by atoms with Crippen LogP contribution in [0.1, 0.15) is 24.2 Å². The summed E-state index contributed by atoms with van der Waals surface area (Å²) in [6.07, 6.45) is 4.69. The molecular formula is C13H14OS. The van der Waals surface area contributed by atoms with Crippen LogP contribution in [0.4, 0.5) is 0 Å². The van der Waals surface area contributed by atoms with Crippen LogP contribution in [0.3, 0.4) is 0 Å². The average Bonchev–Trinajstić information content (AvgIpc) is 2.81. The smallest absolute Gasteiger partial charge is 0.0945 e. The zero-order valence-corrected chi connectivity index (χ0v) is 9.54. The van der Waals surface area contributed by atoms with E-state index in [1.807, 2.05) is 30.2 Å². The van der Waals surface area contributed by atoms with E-state index in [1.54, 1.807) is 6.26 Å². The van der Waals surface area contributed by atoms with Crippen molar-refractivity contribution in [1.29, 1.82) is 0 Å². The quantitative estimate of drug-likeness (QED) is 0.700. The maximum atomic E-state index is 5.12. The monoisotopic (exact) mass is 218 g/mol. The van der Waals surface area contributed by atoms with Crippen molar-refractivity contribution in [3.63, 3.8) is 0 Å². The molecule has 1 aromatic heterocycles. The van der Waals surface area contributed by atoms with Crippen LogP contribution in [0.15, 0.2) is 58.2 Å². The second-order valence-electron chi connectivity index (χ2n) is 3.38. The van der Waals surface area contributed by atoms with E-state index in [9.17, 15) is 0 Å². The van der Waals surface area contributed by atoms with Crippen LogP contribution < -0.4 is 0 Å². The van der Waals surface area contributed by atoms with Crippen LogP contribution in [0.2, 0.25) is 0 Å². The van der Waals surface area contributed by atoms with E-state index < -0.39 is 0 Å². The molecule has 0 aliphatic heterocycles. The van der Waals surface area contributed by atoms with Gasteiger partial charge in [0.2, 0.25) is 0 Å². The van der Waals surface area contributed by atoms with E-state index in [-0.39, 0.29) is 0 Å². The first kappa shape index (κ1) is 10.4. The van der Waals surface area contributed by atoms with E-state index >= 15 is 0 Å². The zero-order valence-electron chi connectivity index (χ0n) is 8.72. The summed E-state index contributed by atoms with van der Waals surface area (Å²) in [7, 11) is 0. The molecule has 15 heavy (non-hydrogen) atoms. The summed E-state index contributed by atoms with van der Waals surface area (Å²) in [5, 5.41) is 0.492. The molecule has 0 bridgehead atoms. The number of thioether (sulfide) groups is 1. The van der Waals surface area contributed by atoms with E-state index in [0.717, 1.165) is 6.42 Å². The number of rotatable bonds is 4. The summed E-state index contributed by atoms with van der Waals surface area (Å²) in [4.78, 5) is 1.31. The van der Waals surface area contributed by atoms with E-state index in [2.05, 4.69) is 31.2 Å². The topological polar surface area (TPSA) is 13.1 Å². The standard InChI is InChI=1S/C13H14OS/c1-2-13(11-8-9-14-10-11)15-12-6-4-3-5-7-12/h3-10,13H,2H2,1H3/t13-/m0/s1. The van der Waals surface area contributed by atoms with Crippen molar-refractivity contribution in [1.82, 2.24) is 0 Å². The fraction of sp³-hybridized carbons (Fsp3) is 0.231. The highest BCUT2D eigenvalue weighted by Gasteiger charge is 2.11. The van der Waals surface area contributed by atoms with Crippen molar-refractivity contribution < 1.29 is 4.42 Å². The van der Waals surface area contributed by atoms with E-state index in [1.165, 1.54) is 10.5 Å². The van der Waals surface area contributed by atoms with E-state index in [4.69, 9.17) is 4.42 Å². The summed E-state index contributed by atoms with van der Waals surface area (Å²) < 4.78 is 5.12. The Hall–Kier alpha value is -1.15. The normalized spacial score (nSPS) is 12.6. The zero-order chi connectivity index (χ0) is 10.5. The van der Waals surface area contributed by atoms with Crippen LogP contribution in [-0.4, -0.2) is 0 Å². The molecule has 0 saturated carbocycles. The molecule has 0 spiro atoms. The maximum Gasteiger partial charge on any atom is 0.0945 e. The van der Waals surface area contributed by atoms with Gasteiger partial charge in [-0.2, -0.15) is 0 Å². The van der Waals surface area contributed by atoms with Crippen molar-refractivity contribution in [3.05, 3.63) is 54.5 Å². The number of benzene rings is 1. The van der Waals surface area contributed by atoms with Gasteiger partial charge in [0.15, 0.2) is 0 Å². The van der Waals surface area contributed by atoms with Gasteiger partial charge >= 0.3 is 0 Å². The van der Waals surface area contributed by atoms with Crippen LogP contribution in [-0.2, 0) is 0 Å². The molecule has 0 fully saturated rings. The molecule has 0 aliphatic carbocycles. The highest BCUT2D eigenvalue weighted by molar-refractivity contribution is 7.99.